The third-order valence-electron chi connectivity index (χ3n) is 4.97. The lowest BCUT2D eigenvalue weighted by Gasteiger charge is -2.23. The molecule has 1 N–H and O–H groups in total. The molecule has 0 bridgehead atoms. The minimum absolute atomic E-state index is 0.0442. The highest BCUT2D eigenvalue weighted by Gasteiger charge is 2.26. The molecule has 2 fully saturated rings. The van der Waals surface area contributed by atoms with E-state index in [9.17, 15) is 4.79 Å². The van der Waals surface area contributed by atoms with Crippen molar-refractivity contribution >= 4 is 5.91 Å². The third kappa shape index (κ3) is 3.47. The van der Waals surface area contributed by atoms with Crippen LogP contribution in [0, 0.1) is 12.8 Å². The summed E-state index contributed by atoms with van der Waals surface area (Å²) in [5.41, 5.74) is 1.78. The molecule has 2 aliphatic carbocycles. The zero-order valence-corrected chi connectivity index (χ0v) is 13.3. The van der Waals surface area contributed by atoms with E-state index in [2.05, 4.69) is 22.0 Å². The standard InChI is InChI=1S/C17H27N3O/c1-12(10-14-8-9-14)19-17(21)16-11-18-20(13(16)2)15-6-4-3-5-7-15/h11-12,14-15H,3-10H2,1-2H3,(H,19,21). The largest absolute Gasteiger partial charge is 0.349 e. The van der Waals surface area contributed by atoms with E-state index in [1.807, 2.05) is 6.92 Å². The number of rotatable bonds is 5. The normalized spacial score (nSPS) is 21.2. The van der Waals surface area contributed by atoms with E-state index in [1.165, 1.54) is 44.9 Å². The number of carbonyl (C=O) groups excluding carboxylic acids is 1. The van der Waals surface area contributed by atoms with Gasteiger partial charge in [0.25, 0.3) is 5.91 Å². The van der Waals surface area contributed by atoms with E-state index in [-0.39, 0.29) is 11.9 Å². The van der Waals surface area contributed by atoms with Gasteiger partial charge >= 0.3 is 0 Å². The van der Waals surface area contributed by atoms with Gasteiger partial charge in [-0.2, -0.15) is 5.10 Å². The van der Waals surface area contributed by atoms with Gasteiger partial charge in [0.1, 0.15) is 0 Å². The van der Waals surface area contributed by atoms with Gasteiger partial charge in [-0.15, -0.1) is 0 Å². The van der Waals surface area contributed by atoms with E-state index in [0.717, 1.165) is 23.6 Å². The fraction of sp³-hybridized carbons (Fsp3) is 0.765. The highest BCUT2D eigenvalue weighted by Crippen LogP contribution is 2.33. The smallest absolute Gasteiger partial charge is 0.254 e. The molecule has 1 unspecified atom stereocenters. The van der Waals surface area contributed by atoms with Crippen molar-refractivity contribution in [1.82, 2.24) is 15.1 Å². The fourth-order valence-electron chi connectivity index (χ4n) is 3.55. The Labute approximate surface area is 127 Å². The summed E-state index contributed by atoms with van der Waals surface area (Å²) in [7, 11) is 0. The summed E-state index contributed by atoms with van der Waals surface area (Å²) >= 11 is 0. The second-order valence-corrected chi connectivity index (χ2v) is 6.93. The maximum absolute atomic E-state index is 12.4. The van der Waals surface area contributed by atoms with Crippen molar-refractivity contribution in [2.75, 3.05) is 0 Å². The van der Waals surface area contributed by atoms with Gasteiger partial charge < -0.3 is 5.32 Å². The minimum Gasteiger partial charge on any atom is -0.349 e. The van der Waals surface area contributed by atoms with Crippen LogP contribution >= 0.6 is 0 Å². The number of nitrogens with one attached hydrogen (secondary N) is 1. The van der Waals surface area contributed by atoms with Gasteiger partial charge in [-0.05, 0) is 39.0 Å². The number of carbonyl (C=O) groups is 1. The molecule has 2 saturated carbocycles. The number of aromatic nitrogens is 2. The van der Waals surface area contributed by atoms with Gasteiger partial charge in [-0.25, -0.2) is 0 Å². The lowest BCUT2D eigenvalue weighted by Crippen LogP contribution is -2.33. The molecule has 1 atom stereocenters. The van der Waals surface area contributed by atoms with Crippen LogP contribution in [0.1, 0.15) is 80.4 Å². The summed E-state index contributed by atoms with van der Waals surface area (Å²) in [6.07, 6.45) is 11.8. The van der Waals surface area contributed by atoms with Crippen molar-refractivity contribution in [3.63, 3.8) is 0 Å². The van der Waals surface area contributed by atoms with Crippen molar-refractivity contribution in [2.45, 2.75) is 77.3 Å². The molecular formula is C17H27N3O. The highest BCUT2D eigenvalue weighted by molar-refractivity contribution is 5.95. The Morgan fingerprint density at radius 1 is 1.33 bits per heavy atom. The van der Waals surface area contributed by atoms with Crippen molar-refractivity contribution < 1.29 is 4.79 Å². The molecule has 4 nitrogen and oxygen atoms in total. The van der Waals surface area contributed by atoms with Crippen LogP contribution in [-0.2, 0) is 0 Å². The summed E-state index contributed by atoms with van der Waals surface area (Å²) in [4.78, 5) is 12.4. The van der Waals surface area contributed by atoms with E-state index in [1.54, 1.807) is 6.20 Å². The van der Waals surface area contributed by atoms with E-state index < -0.39 is 0 Å². The molecule has 1 heterocycles. The zero-order chi connectivity index (χ0) is 14.8. The maximum Gasteiger partial charge on any atom is 0.254 e. The molecule has 1 aromatic heterocycles. The minimum atomic E-state index is 0.0442. The molecule has 0 spiro atoms. The second-order valence-electron chi connectivity index (χ2n) is 6.93. The van der Waals surface area contributed by atoms with Crippen LogP contribution in [0.25, 0.3) is 0 Å². The molecule has 0 radical (unpaired) electrons. The number of amides is 1. The van der Waals surface area contributed by atoms with Crippen molar-refractivity contribution in [3.05, 3.63) is 17.5 Å². The average molecular weight is 289 g/mol. The molecule has 21 heavy (non-hydrogen) atoms. The van der Waals surface area contributed by atoms with Gasteiger partial charge in [-0.1, -0.05) is 32.1 Å². The topological polar surface area (TPSA) is 46.9 Å². The number of hydrogen-bond donors (Lipinski definition) is 1. The lowest BCUT2D eigenvalue weighted by molar-refractivity contribution is 0.0936. The fourth-order valence-corrected chi connectivity index (χ4v) is 3.55. The Kier molecular flexibility index (Phi) is 4.32. The Balaban J connectivity index is 1.64. The van der Waals surface area contributed by atoms with E-state index >= 15 is 0 Å². The second kappa shape index (κ2) is 6.20. The zero-order valence-electron chi connectivity index (χ0n) is 13.3. The summed E-state index contributed by atoms with van der Waals surface area (Å²) < 4.78 is 2.08. The van der Waals surface area contributed by atoms with Crippen LogP contribution in [0.5, 0.6) is 0 Å². The molecule has 1 aromatic rings. The van der Waals surface area contributed by atoms with Crippen LogP contribution in [0.3, 0.4) is 0 Å². The predicted molar refractivity (Wildman–Crippen MR) is 83.4 cm³/mol. The molecule has 0 saturated heterocycles. The van der Waals surface area contributed by atoms with Crippen LogP contribution < -0.4 is 5.32 Å². The molecule has 0 aliphatic heterocycles. The van der Waals surface area contributed by atoms with Crippen molar-refractivity contribution in [1.29, 1.82) is 0 Å². The SMILES string of the molecule is Cc1c(C(=O)NC(C)CC2CC2)cnn1C1CCCCC1. The Hall–Kier alpha value is -1.32. The Bertz CT molecular complexity index is 498. The van der Waals surface area contributed by atoms with Gasteiger partial charge in [0, 0.05) is 11.7 Å². The first-order chi connectivity index (χ1) is 10.1. The van der Waals surface area contributed by atoms with E-state index in [4.69, 9.17) is 0 Å². The van der Waals surface area contributed by atoms with Crippen LogP contribution in [0.4, 0.5) is 0 Å². The molecule has 1 amide bonds. The summed E-state index contributed by atoms with van der Waals surface area (Å²) in [6.45, 7) is 4.14. The van der Waals surface area contributed by atoms with Gasteiger partial charge in [0.15, 0.2) is 0 Å². The Morgan fingerprint density at radius 2 is 2.05 bits per heavy atom. The maximum atomic E-state index is 12.4. The summed E-state index contributed by atoms with van der Waals surface area (Å²) in [5.74, 6) is 0.883. The monoisotopic (exact) mass is 289 g/mol. The number of hydrogen-bond acceptors (Lipinski definition) is 2. The highest BCUT2D eigenvalue weighted by atomic mass is 16.1. The summed E-state index contributed by atoms with van der Waals surface area (Å²) in [6, 6.07) is 0.756. The third-order valence-corrected chi connectivity index (χ3v) is 4.97. The molecule has 2 aliphatic rings. The van der Waals surface area contributed by atoms with Crippen LogP contribution in [0.15, 0.2) is 6.20 Å². The van der Waals surface area contributed by atoms with Crippen LogP contribution in [-0.4, -0.2) is 21.7 Å². The van der Waals surface area contributed by atoms with Gasteiger partial charge in [0.2, 0.25) is 0 Å². The first-order valence-electron chi connectivity index (χ1n) is 8.50. The Morgan fingerprint density at radius 3 is 2.71 bits per heavy atom. The molecule has 116 valence electrons. The first-order valence-corrected chi connectivity index (χ1v) is 8.50. The lowest BCUT2D eigenvalue weighted by atomic mass is 9.95. The first kappa shape index (κ1) is 14.6. The number of nitrogens with zero attached hydrogens (tertiary/aromatic N) is 2. The quantitative estimate of drug-likeness (QED) is 0.900. The molecule has 0 aromatic carbocycles. The van der Waals surface area contributed by atoms with Crippen LogP contribution in [0.2, 0.25) is 0 Å². The summed E-state index contributed by atoms with van der Waals surface area (Å²) in [5, 5.41) is 7.63. The van der Waals surface area contributed by atoms with Gasteiger partial charge in [0.05, 0.1) is 17.8 Å². The van der Waals surface area contributed by atoms with E-state index in [0.29, 0.717) is 6.04 Å². The molecule has 3 rings (SSSR count). The predicted octanol–water partition coefficient (Wildman–Crippen LogP) is 3.62. The van der Waals surface area contributed by atoms with Crippen molar-refractivity contribution in [3.8, 4) is 0 Å². The molecule has 4 heteroatoms. The van der Waals surface area contributed by atoms with Crippen molar-refractivity contribution in [2.24, 2.45) is 5.92 Å². The van der Waals surface area contributed by atoms with Gasteiger partial charge in [-0.3, -0.25) is 9.48 Å². The average Bonchev–Trinajstić information content (AvgIpc) is 3.19. The molecular weight excluding hydrogens is 262 g/mol.